The molecular formula is C15H13ClN4O. The van der Waals surface area contributed by atoms with Gasteiger partial charge in [0.2, 0.25) is 5.95 Å². The van der Waals surface area contributed by atoms with Crippen LogP contribution in [-0.2, 0) is 11.2 Å². The Bertz CT molecular complexity index is 742. The number of rotatable bonds is 1. The van der Waals surface area contributed by atoms with E-state index in [-0.39, 0.29) is 11.9 Å². The second-order valence-electron chi connectivity index (χ2n) is 4.75. The molecule has 0 bridgehead atoms. The average molecular weight is 301 g/mol. The van der Waals surface area contributed by atoms with Gasteiger partial charge in [-0.05, 0) is 30.5 Å². The number of hydrogen-bond acceptors (Lipinski definition) is 4. The molecule has 1 aliphatic rings. The molecule has 0 saturated carbocycles. The van der Waals surface area contributed by atoms with Gasteiger partial charge in [-0.1, -0.05) is 29.8 Å². The number of aromatic nitrogens is 2. The quantitative estimate of drug-likeness (QED) is 0.793. The average Bonchev–Trinajstić information content (AvgIpc) is 2.60. The van der Waals surface area contributed by atoms with Crippen LogP contribution < -0.4 is 11.1 Å². The summed E-state index contributed by atoms with van der Waals surface area (Å²) in [6.07, 6.45) is 4.72. The van der Waals surface area contributed by atoms with Gasteiger partial charge in [-0.2, -0.15) is 4.98 Å². The second kappa shape index (κ2) is 5.54. The fourth-order valence-electron chi connectivity index (χ4n) is 2.20. The van der Waals surface area contributed by atoms with Gasteiger partial charge in [0.1, 0.15) is 5.82 Å². The number of fused-ring (bicyclic) bond motifs is 1. The molecule has 1 aromatic carbocycles. The third kappa shape index (κ3) is 2.87. The highest BCUT2D eigenvalue weighted by atomic mass is 35.5. The lowest BCUT2D eigenvalue weighted by atomic mass is 10.0. The fraction of sp³-hybridized carbons (Fsp3) is 0.133. The van der Waals surface area contributed by atoms with E-state index in [0.29, 0.717) is 29.3 Å². The molecule has 0 unspecified atom stereocenters. The highest BCUT2D eigenvalue weighted by Gasteiger charge is 2.19. The molecule has 1 aliphatic heterocycles. The number of benzene rings is 1. The Balaban J connectivity index is 1.94. The minimum absolute atomic E-state index is 0.146. The maximum Gasteiger partial charge on any atom is 0.252 e. The van der Waals surface area contributed by atoms with E-state index in [4.69, 9.17) is 17.3 Å². The van der Waals surface area contributed by atoms with Crippen LogP contribution in [0.15, 0.2) is 36.0 Å². The van der Waals surface area contributed by atoms with Gasteiger partial charge in [0.25, 0.3) is 5.91 Å². The van der Waals surface area contributed by atoms with E-state index in [0.717, 1.165) is 11.1 Å². The van der Waals surface area contributed by atoms with Crippen molar-refractivity contribution in [3.05, 3.63) is 52.2 Å². The highest BCUT2D eigenvalue weighted by Crippen LogP contribution is 2.25. The zero-order valence-corrected chi connectivity index (χ0v) is 11.9. The largest absolute Gasteiger partial charge is 0.368 e. The van der Waals surface area contributed by atoms with Gasteiger partial charge in [0, 0.05) is 22.4 Å². The van der Waals surface area contributed by atoms with E-state index in [9.17, 15) is 4.79 Å². The second-order valence-corrected chi connectivity index (χ2v) is 5.15. The van der Waals surface area contributed by atoms with E-state index >= 15 is 0 Å². The number of nitrogens with one attached hydrogen (secondary N) is 1. The summed E-state index contributed by atoms with van der Waals surface area (Å²) in [6, 6.07) is 7.40. The van der Waals surface area contributed by atoms with Gasteiger partial charge in [-0.15, -0.1) is 0 Å². The van der Waals surface area contributed by atoms with Crippen LogP contribution >= 0.6 is 11.6 Å². The SMILES string of the molecule is Nc1ncc2c(n1)NC(=O)/C(=C\c1ccccc1Cl)CC2. The van der Waals surface area contributed by atoms with Crippen molar-refractivity contribution in [1.29, 1.82) is 0 Å². The number of hydrogen-bond donors (Lipinski definition) is 2. The van der Waals surface area contributed by atoms with E-state index in [1.165, 1.54) is 0 Å². The van der Waals surface area contributed by atoms with Gasteiger partial charge in [0.05, 0.1) is 0 Å². The highest BCUT2D eigenvalue weighted by molar-refractivity contribution is 6.32. The van der Waals surface area contributed by atoms with Crippen molar-refractivity contribution in [3.63, 3.8) is 0 Å². The van der Waals surface area contributed by atoms with Crippen LogP contribution in [0.4, 0.5) is 11.8 Å². The van der Waals surface area contributed by atoms with Gasteiger partial charge in [0.15, 0.2) is 0 Å². The Morgan fingerprint density at radius 1 is 1.29 bits per heavy atom. The number of nitrogens with two attached hydrogens (primary N) is 1. The van der Waals surface area contributed by atoms with Gasteiger partial charge in [-0.25, -0.2) is 4.98 Å². The molecule has 1 amide bonds. The van der Waals surface area contributed by atoms with Crippen LogP contribution in [0, 0.1) is 0 Å². The van der Waals surface area contributed by atoms with Crippen molar-refractivity contribution < 1.29 is 4.79 Å². The van der Waals surface area contributed by atoms with E-state index in [1.54, 1.807) is 18.3 Å². The van der Waals surface area contributed by atoms with Gasteiger partial charge < -0.3 is 11.1 Å². The molecule has 21 heavy (non-hydrogen) atoms. The summed E-state index contributed by atoms with van der Waals surface area (Å²) in [5.74, 6) is 0.439. The Kier molecular flexibility index (Phi) is 3.58. The predicted molar refractivity (Wildman–Crippen MR) is 82.8 cm³/mol. The molecule has 106 valence electrons. The van der Waals surface area contributed by atoms with Crippen LogP contribution in [0.25, 0.3) is 6.08 Å². The molecule has 0 atom stereocenters. The zero-order valence-electron chi connectivity index (χ0n) is 11.1. The van der Waals surface area contributed by atoms with Crippen LogP contribution in [0.2, 0.25) is 5.02 Å². The van der Waals surface area contributed by atoms with Crippen molar-refractivity contribution in [2.75, 3.05) is 11.1 Å². The number of carbonyl (C=O) groups excluding carboxylic acids is 1. The predicted octanol–water partition coefficient (Wildman–Crippen LogP) is 2.68. The fourth-order valence-corrected chi connectivity index (χ4v) is 2.39. The summed E-state index contributed by atoms with van der Waals surface area (Å²) in [6.45, 7) is 0. The number of halogens is 1. The third-order valence-corrected chi connectivity index (χ3v) is 3.65. The number of aryl methyl sites for hydroxylation is 1. The first-order valence-corrected chi connectivity index (χ1v) is 6.89. The lowest BCUT2D eigenvalue weighted by molar-refractivity contribution is -0.112. The van der Waals surface area contributed by atoms with Crippen molar-refractivity contribution in [2.24, 2.45) is 0 Å². The number of carbonyl (C=O) groups is 1. The van der Waals surface area contributed by atoms with Crippen molar-refractivity contribution in [3.8, 4) is 0 Å². The minimum atomic E-state index is -0.188. The summed E-state index contributed by atoms with van der Waals surface area (Å²) >= 11 is 6.13. The van der Waals surface area contributed by atoms with Crippen LogP contribution in [0.5, 0.6) is 0 Å². The number of nitrogens with zero attached hydrogens (tertiary/aromatic N) is 2. The number of nitrogen functional groups attached to an aromatic ring is 1. The van der Waals surface area contributed by atoms with Crippen molar-refractivity contribution >= 4 is 35.4 Å². The molecule has 3 rings (SSSR count). The van der Waals surface area contributed by atoms with E-state index in [2.05, 4.69) is 15.3 Å². The standard InChI is InChI=1S/C15H13ClN4O/c16-12-4-2-1-3-9(12)7-10-5-6-11-8-18-15(17)20-13(11)19-14(10)21/h1-4,7-8H,5-6H2,(H3,17,18,19,20,21)/b10-7-. The van der Waals surface area contributed by atoms with Gasteiger partial charge in [-0.3, -0.25) is 4.79 Å². The summed E-state index contributed by atoms with van der Waals surface area (Å²) in [4.78, 5) is 20.3. The molecule has 0 fully saturated rings. The molecule has 2 heterocycles. The first kappa shape index (κ1) is 13.6. The lowest BCUT2D eigenvalue weighted by Crippen LogP contribution is -2.14. The normalized spacial score (nSPS) is 16.2. The van der Waals surface area contributed by atoms with Crippen LogP contribution in [0.1, 0.15) is 17.5 Å². The molecule has 0 saturated heterocycles. The van der Waals surface area contributed by atoms with Crippen LogP contribution in [-0.4, -0.2) is 15.9 Å². The molecule has 6 heteroatoms. The Morgan fingerprint density at radius 2 is 2.10 bits per heavy atom. The van der Waals surface area contributed by atoms with Crippen molar-refractivity contribution in [1.82, 2.24) is 9.97 Å². The molecule has 0 spiro atoms. The molecule has 0 aliphatic carbocycles. The third-order valence-electron chi connectivity index (χ3n) is 3.31. The number of amides is 1. The molecular weight excluding hydrogens is 288 g/mol. The van der Waals surface area contributed by atoms with Gasteiger partial charge >= 0.3 is 0 Å². The Hall–Kier alpha value is -2.40. The van der Waals surface area contributed by atoms with E-state index in [1.807, 2.05) is 18.2 Å². The Labute approximate surface area is 126 Å². The first-order chi connectivity index (χ1) is 10.1. The summed E-state index contributed by atoms with van der Waals surface area (Å²) in [5.41, 5.74) is 7.90. The smallest absolute Gasteiger partial charge is 0.252 e. The summed E-state index contributed by atoms with van der Waals surface area (Å²) in [5, 5.41) is 3.39. The maximum absolute atomic E-state index is 12.3. The topological polar surface area (TPSA) is 80.9 Å². The molecule has 5 nitrogen and oxygen atoms in total. The molecule has 0 radical (unpaired) electrons. The molecule has 3 N–H and O–H groups in total. The maximum atomic E-state index is 12.3. The minimum Gasteiger partial charge on any atom is -0.368 e. The first-order valence-electron chi connectivity index (χ1n) is 6.51. The zero-order chi connectivity index (χ0) is 14.8. The Morgan fingerprint density at radius 3 is 2.90 bits per heavy atom. The van der Waals surface area contributed by atoms with Crippen LogP contribution in [0.3, 0.4) is 0 Å². The molecule has 2 aromatic rings. The summed E-state index contributed by atoms with van der Waals surface area (Å²) in [7, 11) is 0. The monoisotopic (exact) mass is 300 g/mol. The lowest BCUT2D eigenvalue weighted by Gasteiger charge is -2.05. The van der Waals surface area contributed by atoms with E-state index < -0.39 is 0 Å². The van der Waals surface area contributed by atoms with Crippen molar-refractivity contribution in [2.45, 2.75) is 12.8 Å². The number of anilines is 2. The molecule has 1 aromatic heterocycles. The summed E-state index contributed by atoms with van der Waals surface area (Å²) < 4.78 is 0.